The van der Waals surface area contributed by atoms with E-state index in [0.29, 0.717) is 12.3 Å². The summed E-state index contributed by atoms with van der Waals surface area (Å²) in [5.74, 6) is 0.0909. The first-order valence-corrected chi connectivity index (χ1v) is 6.40. The minimum atomic E-state index is -0.544. The summed E-state index contributed by atoms with van der Waals surface area (Å²) in [4.78, 5) is 10.4. The van der Waals surface area contributed by atoms with Crippen molar-refractivity contribution < 1.29 is 14.1 Å². The van der Waals surface area contributed by atoms with Gasteiger partial charge >= 0.3 is 0 Å². The Hall–Kier alpha value is -2.47. The molecule has 0 saturated carbocycles. The Morgan fingerprint density at radius 3 is 2.71 bits per heavy atom. The van der Waals surface area contributed by atoms with Gasteiger partial charge in [0.05, 0.1) is 10.5 Å². The summed E-state index contributed by atoms with van der Waals surface area (Å²) in [6.07, 6.45) is 0. The molecule has 0 unspecified atom stereocenters. The van der Waals surface area contributed by atoms with Crippen LogP contribution in [0.5, 0.6) is 5.75 Å². The Morgan fingerprint density at radius 2 is 2.00 bits per heavy atom. The van der Waals surface area contributed by atoms with E-state index in [2.05, 4.69) is 5.32 Å². The van der Waals surface area contributed by atoms with Gasteiger partial charge in [0, 0.05) is 18.2 Å². The molecule has 110 valence electrons. The van der Waals surface area contributed by atoms with E-state index in [-0.39, 0.29) is 17.9 Å². The van der Waals surface area contributed by atoms with Crippen LogP contribution >= 0.6 is 0 Å². The number of benzene rings is 2. The molecule has 0 aliphatic heterocycles. The van der Waals surface area contributed by atoms with Gasteiger partial charge in [0.2, 0.25) is 0 Å². The van der Waals surface area contributed by atoms with E-state index >= 15 is 0 Å². The van der Waals surface area contributed by atoms with Crippen molar-refractivity contribution in [2.24, 2.45) is 0 Å². The highest BCUT2D eigenvalue weighted by atomic mass is 19.1. The number of nitrogens with zero attached hydrogens (tertiary/aromatic N) is 1. The molecule has 0 aliphatic carbocycles. The molecule has 1 N–H and O–H groups in total. The average Bonchev–Trinajstić information content (AvgIpc) is 2.46. The van der Waals surface area contributed by atoms with E-state index in [1.54, 1.807) is 6.07 Å². The first kappa shape index (κ1) is 14.9. The molecule has 6 heteroatoms. The Morgan fingerprint density at radius 1 is 1.24 bits per heavy atom. The van der Waals surface area contributed by atoms with E-state index in [1.165, 1.54) is 0 Å². The number of nitro benzene ring substituents is 1. The molecule has 0 fully saturated rings. The molecule has 2 aromatic carbocycles. The summed E-state index contributed by atoms with van der Waals surface area (Å²) in [6.45, 7) is 0.552. The number of nitro groups is 1. The fraction of sp³-hybridized carbons (Fsp3) is 0.200. The molecule has 0 aromatic heterocycles. The molecule has 21 heavy (non-hydrogen) atoms. The SMILES string of the molecule is CNCc1ccccc1OCc1cc(F)ccc1[N+](=O)[O-]. The molecule has 0 saturated heterocycles. The summed E-state index contributed by atoms with van der Waals surface area (Å²) in [6, 6.07) is 10.7. The number of rotatable bonds is 6. The van der Waals surface area contributed by atoms with E-state index < -0.39 is 10.7 Å². The van der Waals surface area contributed by atoms with Crippen molar-refractivity contribution in [3.05, 3.63) is 69.5 Å². The van der Waals surface area contributed by atoms with Crippen LogP contribution in [0.2, 0.25) is 0 Å². The molecule has 0 aliphatic rings. The third-order valence-corrected chi connectivity index (χ3v) is 2.96. The summed E-state index contributed by atoms with van der Waals surface area (Å²) in [5.41, 5.74) is 0.987. The maximum absolute atomic E-state index is 13.2. The lowest BCUT2D eigenvalue weighted by atomic mass is 10.1. The van der Waals surface area contributed by atoms with Gasteiger partial charge in [0.15, 0.2) is 0 Å². The second-order valence-electron chi connectivity index (χ2n) is 4.46. The zero-order valence-electron chi connectivity index (χ0n) is 11.5. The molecule has 0 radical (unpaired) electrons. The van der Waals surface area contributed by atoms with Crippen LogP contribution in [0.25, 0.3) is 0 Å². The second kappa shape index (κ2) is 6.81. The molecule has 0 amide bonds. The van der Waals surface area contributed by atoms with Gasteiger partial charge in [-0.2, -0.15) is 0 Å². The van der Waals surface area contributed by atoms with Gasteiger partial charge in [-0.3, -0.25) is 10.1 Å². The van der Waals surface area contributed by atoms with Crippen molar-refractivity contribution in [1.82, 2.24) is 5.32 Å². The standard InChI is InChI=1S/C15H15FN2O3/c1-17-9-11-4-2-3-5-15(11)21-10-12-8-13(16)6-7-14(12)18(19)20/h2-8,17H,9-10H2,1H3. The van der Waals surface area contributed by atoms with Crippen LogP contribution in [0, 0.1) is 15.9 Å². The predicted molar refractivity (Wildman–Crippen MR) is 76.6 cm³/mol. The van der Waals surface area contributed by atoms with Gasteiger partial charge in [-0.15, -0.1) is 0 Å². The zero-order chi connectivity index (χ0) is 15.2. The van der Waals surface area contributed by atoms with Crippen molar-refractivity contribution in [2.75, 3.05) is 7.05 Å². The summed E-state index contributed by atoms with van der Waals surface area (Å²) in [7, 11) is 1.81. The van der Waals surface area contributed by atoms with Crippen molar-refractivity contribution in [1.29, 1.82) is 0 Å². The highest BCUT2D eigenvalue weighted by Crippen LogP contribution is 2.23. The smallest absolute Gasteiger partial charge is 0.276 e. The maximum atomic E-state index is 13.2. The first-order valence-electron chi connectivity index (χ1n) is 6.40. The van der Waals surface area contributed by atoms with Gasteiger partial charge in [-0.1, -0.05) is 18.2 Å². The second-order valence-corrected chi connectivity index (χ2v) is 4.46. The molecule has 2 rings (SSSR count). The van der Waals surface area contributed by atoms with Crippen LogP contribution < -0.4 is 10.1 Å². The molecule has 5 nitrogen and oxygen atoms in total. The quantitative estimate of drug-likeness (QED) is 0.656. The van der Waals surface area contributed by atoms with E-state index in [0.717, 1.165) is 23.8 Å². The lowest BCUT2D eigenvalue weighted by Crippen LogP contribution is -2.08. The fourth-order valence-corrected chi connectivity index (χ4v) is 1.98. The third-order valence-electron chi connectivity index (χ3n) is 2.96. The third kappa shape index (κ3) is 3.76. The number of halogens is 1. The van der Waals surface area contributed by atoms with Crippen LogP contribution in [0.15, 0.2) is 42.5 Å². The lowest BCUT2D eigenvalue weighted by molar-refractivity contribution is -0.385. The van der Waals surface area contributed by atoms with Gasteiger partial charge in [-0.25, -0.2) is 4.39 Å². The molecule has 2 aromatic rings. The number of ether oxygens (including phenoxy) is 1. The van der Waals surface area contributed by atoms with E-state index in [1.807, 2.05) is 25.2 Å². The van der Waals surface area contributed by atoms with Crippen LogP contribution in [-0.4, -0.2) is 12.0 Å². The fourth-order valence-electron chi connectivity index (χ4n) is 1.98. The summed E-state index contributed by atoms with van der Waals surface area (Å²) < 4.78 is 18.9. The van der Waals surface area contributed by atoms with Gasteiger partial charge in [0.1, 0.15) is 18.2 Å². The number of nitrogens with one attached hydrogen (secondary N) is 1. The molecular formula is C15H15FN2O3. The molecular weight excluding hydrogens is 275 g/mol. The number of hydrogen-bond acceptors (Lipinski definition) is 4. The summed E-state index contributed by atoms with van der Waals surface area (Å²) >= 11 is 0. The summed E-state index contributed by atoms with van der Waals surface area (Å²) in [5, 5.41) is 13.9. The molecule has 0 heterocycles. The Kier molecular flexibility index (Phi) is 4.84. The first-order chi connectivity index (χ1) is 10.1. The van der Waals surface area contributed by atoms with Crippen LogP contribution in [0.1, 0.15) is 11.1 Å². The zero-order valence-corrected chi connectivity index (χ0v) is 11.5. The van der Waals surface area contributed by atoms with Gasteiger partial charge in [-0.05, 0) is 25.2 Å². The Labute approximate surface area is 121 Å². The van der Waals surface area contributed by atoms with Crippen molar-refractivity contribution in [3.8, 4) is 5.75 Å². The molecule has 0 spiro atoms. The van der Waals surface area contributed by atoms with E-state index in [9.17, 15) is 14.5 Å². The average molecular weight is 290 g/mol. The minimum absolute atomic E-state index is 0.0607. The van der Waals surface area contributed by atoms with Crippen LogP contribution in [-0.2, 0) is 13.2 Å². The monoisotopic (exact) mass is 290 g/mol. The number of para-hydroxylation sites is 1. The largest absolute Gasteiger partial charge is 0.488 e. The van der Waals surface area contributed by atoms with Gasteiger partial charge < -0.3 is 10.1 Å². The lowest BCUT2D eigenvalue weighted by Gasteiger charge is -2.11. The Balaban J connectivity index is 2.20. The van der Waals surface area contributed by atoms with E-state index in [4.69, 9.17) is 4.74 Å². The minimum Gasteiger partial charge on any atom is -0.488 e. The predicted octanol–water partition coefficient (Wildman–Crippen LogP) is 3.03. The normalized spacial score (nSPS) is 10.4. The molecule has 0 bridgehead atoms. The van der Waals surface area contributed by atoms with Crippen molar-refractivity contribution >= 4 is 5.69 Å². The highest BCUT2D eigenvalue weighted by molar-refractivity contribution is 5.41. The van der Waals surface area contributed by atoms with Crippen molar-refractivity contribution in [3.63, 3.8) is 0 Å². The van der Waals surface area contributed by atoms with Gasteiger partial charge in [0.25, 0.3) is 5.69 Å². The Bertz CT molecular complexity index is 647. The van der Waals surface area contributed by atoms with Crippen LogP contribution in [0.4, 0.5) is 10.1 Å². The topological polar surface area (TPSA) is 64.4 Å². The maximum Gasteiger partial charge on any atom is 0.276 e. The number of hydrogen-bond donors (Lipinski definition) is 1. The van der Waals surface area contributed by atoms with Crippen LogP contribution in [0.3, 0.4) is 0 Å². The van der Waals surface area contributed by atoms with Crippen molar-refractivity contribution in [2.45, 2.75) is 13.2 Å². The molecule has 0 atom stereocenters. The highest BCUT2D eigenvalue weighted by Gasteiger charge is 2.15.